The highest BCUT2D eigenvalue weighted by atomic mass is 19.1. The zero-order valence-corrected chi connectivity index (χ0v) is 12.6. The van der Waals surface area contributed by atoms with Crippen LogP contribution in [0.2, 0.25) is 0 Å². The molecule has 23 heavy (non-hydrogen) atoms. The van der Waals surface area contributed by atoms with Gasteiger partial charge in [0.1, 0.15) is 17.1 Å². The number of esters is 1. The number of aromatic nitrogens is 1. The number of methoxy groups -OCH3 is 1. The van der Waals surface area contributed by atoms with E-state index in [1.54, 1.807) is 12.1 Å². The number of hydrogen-bond donors (Lipinski definition) is 0. The third kappa shape index (κ3) is 2.93. The molecule has 3 aromatic rings. The van der Waals surface area contributed by atoms with Crippen molar-refractivity contribution in [2.75, 3.05) is 7.11 Å². The maximum atomic E-state index is 14.8. The molecule has 1 aromatic heterocycles. The van der Waals surface area contributed by atoms with Gasteiger partial charge in [0.05, 0.1) is 17.7 Å². The van der Waals surface area contributed by atoms with Crippen LogP contribution >= 0.6 is 0 Å². The molecule has 2 aromatic carbocycles. The Labute approximate surface area is 131 Å². The van der Waals surface area contributed by atoms with Crippen molar-refractivity contribution in [3.05, 3.63) is 47.8 Å². The van der Waals surface area contributed by atoms with Crippen molar-refractivity contribution in [2.45, 2.75) is 13.5 Å². The van der Waals surface area contributed by atoms with Crippen molar-refractivity contribution in [1.82, 2.24) is 4.98 Å². The van der Waals surface area contributed by atoms with Crippen LogP contribution in [0.5, 0.6) is 5.75 Å². The van der Waals surface area contributed by atoms with E-state index in [4.69, 9.17) is 13.9 Å². The molecule has 0 amide bonds. The van der Waals surface area contributed by atoms with Crippen LogP contribution in [0.25, 0.3) is 22.6 Å². The maximum Gasteiger partial charge on any atom is 0.308 e. The van der Waals surface area contributed by atoms with E-state index >= 15 is 0 Å². The Kier molecular flexibility index (Phi) is 4.08. The molecular weight excluding hydrogens is 301 g/mol. The molecule has 0 saturated carbocycles. The Balaban J connectivity index is 2.12. The zero-order chi connectivity index (χ0) is 16.4. The first-order valence-corrected chi connectivity index (χ1v) is 6.95. The highest BCUT2D eigenvalue weighted by Gasteiger charge is 2.20. The predicted octanol–water partition coefficient (Wildman–Crippen LogP) is 3.71. The van der Waals surface area contributed by atoms with Gasteiger partial charge in [-0.1, -0.05) is 12.1 Å². The Bertz CT molecular complexity index is 839. The fourth-order valence-electron chi connectivity index (χ4n) is 2.29. The van der Waals surface area contributed by atoms with Gasteiger partial charge in [0.2, 0.25) is 5.89 Å². The smallest absolute Gasteiger partial charge is 0.308 e. The van der Waals surface area contributed by atoms with Crippen molar-refractivity contribution in [3.63, 3.8) is 0 Å². The summed E-state index contributed by atoms with van der Waals surface area (Å²) in [5.41, 5.74) is 1.53. The molecule has 0 unspecified atom stereocenters. The molecule has 0 spiro atoms. The van der Waals surface area contributed by atoms with Crippen LogP contribution in [0.3, 0.4) is 0 Å². The van der Waals surface area contributed by atoms with Crippen LogP contribution in [0.15, 0.2) is 40.8 Å². The third-order valence-electron chi connectivity index (χ3n) is 3.27. The van der Waals surface area contributed by atoms with Gasteiger partial charge in [-0.05, 0) is 24.3 Å². The molecule has 0 saturated heterocycles. The van der Waals surface area contributed by atoms with E-state index in [0.29, 0.717) is 11.1 Å². The third-order valence-corrected chi connectivity index (χ3v) is 3.27. The van der Waals surface area contributed by atoms with Crippen LogP contribution in [0.4, 0.5) is 4.39 Å². The van der Waals surface area contributed by atoms with Gasteiger partial charge in [-0.2, -0.15) is 0 Å². The molecule has 0 aliphatic heterocycles. The Morgan fingerprint density at radius 2 is 2.04 bits per heavy atom. The van der Waals surface area contributed by atoms with Crippen molar-refractivity contribution in [3.8, 4) is 17.2 Å². The molecule has 0 fully saturated rings. The minimum Gasteiger partial charge on any atom is -0.436 e. The number of ether oxygens (including phenoxy) is 2. The van der Waals surface area contributed by atoms with Gasteiger partial charge >= 0.3 is 5.97 Å². The summed E-state index contributed by atoms with van der Waals surface area (Å²) in [6.45, 7) is 1.21. The lowest BCUT2D eigenvalue weighted by molar-refractivity contribution is -0.132. The predicted molar refractivity (Wildman–Crippen MR) is 81.4 cm³/mol. The minimum absolute atomic E-state index is 0.0392. The highest BCUT2D eigenvalue weighted by Crippen LogP contribution is 2.32. The molecule has 0 N–H and O–H groups in total. The molecule has 6 heteroatoms. The summed E-state index contributed by atoms with van der Waals surface area (Å²) in [7, 11) is 1.43. The summed E-state index contributed by atoms with van der Waals surface area (Å²) < 4.78 is 30.4. The van der Waals surface area contributed by atoms with Gasteiger partial charge in [-0.25, -0.2) is 9.37 Å². The minimum atomic E-state index is -0.586. The van der Waals surface area contributed by atoms with Gasteiger partial charge < -0.3 is 13.9 Å². The molecular formula is C17H14FNO4. The SMILES string of the molecule is COCc1c(OC(C)=O)ccc(-c2nc3ccccc3o2)c1F. The lowest BCUT2D eigenvalue weighted by Gasteiger charge is -2.11. The van der Waals surface area contributed by atoms with Gasteiger partial charge in [-0.3, -0.25) is 4.79 Å². The van der Waals surface area contributed by atoms with Gasteiger partial charge in [0.25, 0.3) is 0 Å². The number of halogens is 1. The summed E-state index contributed by atoms with van der Waals surface area (Å²) in [6.07, 6.45) is 0. The van der Waals surface area contributed by atoms with E-state index in [9.17, 15) is 9.18 Å². The lowest BCUT2D eigenvalue weighted by Crippen LogP contribution is -2.07. The molecule has 0 atom stereocenters. The van der Waals surface area contributed by atoms with Crippen molar-refractivity contribution in [2.24, 2.45) is 0 Å². The van der Waals surface area contributed by atoms with Crippen LogP contribution < -0.4 is 4.74 Å². The van der Waals surface area contributed by atoms with Gasteiger partial charge in [0, 0.05) is 14.0 Å². The summed E-state index contributed by atoms with van der Waals surface area (Å²) >= 11 is 0. The second-order valence-corrected chi connectivity index (χ2v) is 4.92. The monoisotopic (exact) mass is 315 g/mol. The average Bonchev–Trinajstić information content (AvgIpc) is 2.94. The van der Waals surface area contributed by atoms with Crippen LogP contribution in [-0.2, 0) is 16.1 Å². The molecule has 3 rings (SSSR count). The fourth-order valence-corrected chi connectivity index (χ4v) is 2.29. The summed E-state index contributed by atoms with van der Waals surface area (Å²) in [4.78, 5) is 15.4. The second kappa shape index (κ2) is 6.18. The van der Waals surface area contributed by atoms with Crippen molar-refractivity contribution < 1.29 is 23.1 Å². The number of carbonyl (C=O) groups is 1. The quantitative estimate of drug-likeness (QED) is 0.542. The van der Waals surface area contributed by atoms with E-state index in [-0.39, 0.29) is 29.4 Å². The first-order valence-electron chi connectivity index (χ1n) is 6.95. The number of nitrogens with zero attached hydrogens (tertiary/aromatic N) is 1. The van der Waals surface area contributed by atoms with E-state index in [2.05, 4.69) is 4.98 Å². The Morgan fingerprint density at radius 1 is 1.26 bits per heavy atom. The first kappa shape index (κ1) is 15.2. The van der Waals surface area contributed by atoms with Crippen LogP contribution in [0.1, 0.15) is 12.5 Å². The standard InChI is InChI=1S/C17H14FNO4/c1-10(20)22-14-8-7-11(16(18)12(14)9-21-2)17-19-13-5-3-4-6-15(13)23-17/h3-8H,9H2,1-2H3. The van der Waals surface area contributed by atoms with Gasteiger partial charge in [0.15, 0.2) is 5.58 Å². The summed E-state index contributed by atoms with van der Waals surface area (Å²) in [5.74, 6) is -0.833. The topological polar surface area (TPSA) is 61.6 Å². The normalized spacial score (nSPS) is 10.9. The molecule has 118 valence electrons. The summed E-state index contributed by atoms with van der Waals surface area (Å²) in [6, 6.07) is 10.1. The number of benzene rings is 2. The number of hydrogen-bond acceptors (Lipinski definition) is 5. The molecule has 5 nitrogen and oxygen atoms in total. The molecule has 0 aliphatic rings. The van der Waals surface area contributed by atoms with E-state index < -0.39 is 11.8 Å². The molecule has 1 heterocycles. The van der Waals surface area contributed by atoms with Crippen molar-refractivity contribution in [1.29, 1.82) is 0 Å². The lowest BCUT2D eigenvalue weighted by atomic mass is 10.1. The van der Waals surface area contributed by atoms with Crippen LogP contribution in [0, 0.1) is 5.82 Å². The van der Waals surface area contributed by atoms with Crippen molar-refractivity contribution >= 4 is 17.1 Å². The Hall–Kier alpha value is -2.73. The number of para-hydroxylation sites is 2. The largest absolute Gasteiger partial charge is 0.436 e. The van der Waals surface area contributed by atoms with E-state index in [0.717, 1.165) is 0 Å². The van der Waals surface area contributed by atoms with Gasteiger partial charge in [-0.15, -0.1) is 0 Å². The molecule has 0 radical (unpaired) electrons. The number of carbonyl (C=O) groups excluding carboxylic acids is 1. The Morgan fingerprint density at radius 3 is 2.74 bits per heavy atom. The van der Waals surface area contributed by atoms with E-state index in [1.165, 1.54) is 26.2 Å². The zero-order valence-electron chi connectivity index (χ0n) is 12.6. The second-order valence-electron chi connectivity index (χ2n) is 4.92. The highest BCUT2D eigenvalue weighted by molar-refractivity contribution is 5.76. The number of oxazole rings is 1. The fraction of sp³-hybridized carbons (Fsp3) is 0.176. The average molecular weight is 315 g/mol. The molecule has 0 bridgehead atoms. The van der Waals surface area contributed by atoms with Crippen LogP contribution in [-0.4, -0.2) is 18.1 Å². The first-order chi connectivity index (χ1) is 11.1. The number of rotatable bonds is 4. The molecule has 0 aliphatic carbocycles. The maximum absolute atomic E-state index is 14.8. The van der Waals surface area contributed by atoms with E-state index in [1.807, 2.05) is 12.1 Å². The number of fused-ring (bicyclic) bond motifs is 1. The summed E-state index contributed by atoms with van der Waals surface area (Å²) in [5, 5.41) is 0.